The van der Waals surface area contributed by atoms with Crippen molar-refractivity contribution in [3.05, 3.63) is 28.0 Å². The molecule has 0 N–H and O–H groups in total. The molecule has 0 aliphatic carbocycles. The van der Waals surface area contributed by atoms with Gasteiger partial charge < -0.3 is 9.80 Å². The van der Waals surface area contributed by atoms with E-state index in [1.54, 1.807) is 0 Å². The number of pyridine rings is 1. The summed E-state index contributed by atoms with van der Waals surface area (Å²) in [5, 5.41) is 0.626. The molecule has 2 rings (SSSR count). The van der Waals surface area contributed by atoms with Gasteiger partial charge in [-0.1, -0.05) is 23.2 Å². The summed E-state index contributed by atoms with van der Waals surface area (Å²) in [5.74, 6) is -0.0794. The van der Waals surface area contributed by atoms with Crippen molar-refractivity contribution in [1.29, 1.82) is 0 Å². The molecule has 1 fully saturated rings. The molecule has 1 aromatic rings. The minimum atomic E-state index is -0.0794. The quantitative estimate of drug-likeness (QED) is 0.743. The molecule has 0 bridgehead atoms. The summed E-state index contributed by atoms with van der Waals surface area (Å²) in [4.78, 5) is 20.2. The number of aromatic nitrogens is 1. The second-order valence-corrected chi connectivity index (χ2v) is 5.36. The van der Waals surface area contributed by atoms with Gasteiger partial charge in [0.15, 0.2) is 0 Å². The predicted molar refractivity (Wildman–Crippen MR) is 72.3 cm³/mol. The maximum atomic E-state index is 12.4. The fourth-order valence-corrected chi connectivity index (χ4v) is 2.32. The lowest BCUT2D eigenvalue weighted by atomic mass is 10.1. The molecular weight excluding hydrogens is 273 g/mol. The highest BCUT2D eigenvalue weighted by molar-refractivity contribution is 6.35. The van der Waals surface area contributed by atoms with Gasteiger partial charge in [0.25, 0.3) is 5.91 Å². The predicted octanol–water partition coefficient (Wildman–Crippen LogP) is 2.16. The van der Waals surface area contributed by atoms with Crippen molar-refractivity contribution >= 4 is 29.1 Å². The van der Waals surface area contributed by atoms with Crippen molar-refractivity contribution in [2.45, 2.75) is 13.0 Å². The monoisotopic (exact) mass is 287 g/mol. The van der Waals surface area contributed by atoms with Crippen molar-refractivity contribution < 1.29 is 4.79 Å². The van der Waals surface area contributed by atoms with Gasteiger partial charge in [-0.05, 0) is 20.0 Å². The number of rotatable bonds is 1. The lowest BCUT2D eigenvalue weighted by molar-refractivity contribution is 0.0572. The minimum absolute atomic E-state index is 0.0794. The molecule has 0 aromatic carbocycles. The lowest BCUT2D eigenvalue weighted by Gasteiger charge is -2.37. The van der Waals surface area contributed by atoms with Crippen LogP contribution in [0.15, 0.2) is 12.3 Å². The van der Waals surface area contributed by atoms with Crippen LogP contribution in [0.3, 0.4) is 0 Å². The van der Waals surface area contributed by atoms with Crippen LogP contribution >= 0.6 is 23.2 Å². The Morgan fingerprint density at radius 2 is 2.17 bits per heavy atom. The molecule has 1 aliphatic rings. The van der Waals surface area contributed by atoms with E-state index in [1.807, 2.05) is 4.90 Å². The SMILES string of the molecule is CC1CN(C(=O)c2cc(Cl)ncc2Cl)CCN1C. The van der Waals surface area contributed by atoms with Crippen LogP contribution < -0.4 is 0 Å². The summed E-state index contributed by atoms with van der Waals surface area (Å²) in [6.07, 6.45) is 1.41. The van der Waals surface area contributed by atoms with Gasteiger partial charge in [0, 0.05) is 31.9 Å². The maximum absolute atomic E-state index is 12.4. The maximum Gasteiger partial charge on any atom is 0.255 e. The second-order valence-electron chi connectivity index (χ2n) is 4.57. The van der Waals surface area contributed by atoms with Crippen molar-refractivity contribution in [2.24, 2.45) is 0 Å². The van der Waals surface area contributed by atoms with Crippen LogP contribution in [0.25, 0.3) is 0 Å². The number of carbonyl (C=O) groups is 1. The zero-order chi connectivity index (χ0) is 13.3. The molecule has 18 heavy (non-hydrogen) atoms. The van der Waals surface area contributed by atoms with Crippen molar-refractivity contribution in [3.63, 3.8) is 0 Å². The van der Waals surface area contributed by atoms with Crippen LogP contribution in [0, 0.1) is 0 Å². The van der Waals surface area contributed by atoms with Gasteiger partial charge in [0.1, 0.15) is 5.15 Å². The average Bonchev–Trinajstić information content (AvgIpc) is 2.35. The number of amides is 1. The van der Waals surface area contributed by atoms with E-state index < -0.39 is 0 Å². The Bertz CT molecular complexity index is 467. The standard InChI is InChI=1S/C12H15Cl2N3O/c1-8-7-17(4-3-16(8)2)12(18)9-5-11(14)15-6-10(9)13/h5-6,8H,3-4,7H2,1-2H3. The molecule has 1 amide bonds. The van der Waals surface area contributed by atoms with Crippen LogP contribution in [0.5, 0.6) is 0 Å². The zero-order valence-corrected chi connectivity index (χ0v) is 11.9. The van der Waals surface area contributed by atoms with E-state index in [4.69, 9.17) is 23.2 Å². The van der Waals surface area contributed by atoms with E-state index in [1.165, 1.54) is 12.3 Å². The number of likely N-dealkylation sites (N-methyl/N-ethyl adjacent to an activating group) is 1. The number of piperazine rings is 1. The summed E-state index contributed by atoms with van der Waals surface area (Å²) in [6.45, 7) is 4.37. The molecule has 0 spiro atoms. The third kappa shape index (κ3) is 2.76. The van der Waals surface area contributed by atoms with E-state index in [0.29, 0.717) is 29.7 Å². The Kier molecular flexibility index (Phi) is 4.10. The smallest absolute Gasteiger partial charge is 0.255 e. The van der Waals surface area contributed by atoms with E-state index in [-0.39, 0.29) is 11.1 Å². The largest absolute Gasteiger partial charge is 0.336 e. The molecule has 1 atom stereocenters. The summed E-state index contributed by atoms with van der Waals surface area (Å²) in [6, 6.07) is 1.87. The number of halogens is 2. The molecule has 1 unspecified atom stereocenters. The molecule has 0 saturated carbocycles. The number of nitrogens with zero attached hydrogens (tertiary/aromatic N) is 3. The van der Waals surface area contributed by atoms with E-state index in [9.17, 15) is 4.79 Å². The average molecular weight is 288 g/mol. The van der Waals surface area contributed by atoms with E-state index in [0.717, 1.165) is 6.54 Å². The third-order valence-electron chi connectivity index (χ3n) is 3.30. The van der Waals surface area contributed by atoms with Gasteiger partial charge in [-0.15, -0.1) is 0 Å². The second kappa shape index (κ2) is 5.43. The molecule has 1 saturated heterocycles. The molecule has 2 heterocycles. The van der Waals surface area contributed by atoms with E-state index in [2.05, 4.69) is 23.9 Å². The van der Waals surface area contributed by atoms with Gasteiger partial charge in [0.2, 0.25) is 0 Å². The third-order valence-corrected chi connectivity index (χ3v) is 3.81. The molecule has 1 aliphatic heterocycles. The Morgan fingerprint density at radius 3 is 2.83 bits per heavy atom. The number of carbonyl (C=O) groups excluding carboxylic acids is 1. The first kappa shape index (κ1) is 13.6. The zero-order valence-electron chi connectivity index (χ0n) is 10.4. The van der Waals surface area contributed by atoms with Gasteiger partial charge >= 0.3 is 0 Å². The Balaban J connectivity index is 2.19. The number of hydrogen-bond donors (Lipinski definition) is 0. The van der Waals surface area contributed by atoms with Crippen LogP contribution in [0.2, 0.25) is 10.2 Å². The van der Waals surface area contributed by atoms with E-state index >= 15 is 0 Å². The lowest BCUT2D eigenvalue weighted by Crippen LogP contribution is -2.52. The van der Waals surface area contributed by atoms with Crippen LogP contribution in [-0.2, 0) is 0 Å². The first-order valence-corrected chi connectivity index (χ1v) is 6.55. The fourth-order valence-electron chi connectivity index (χ4n) is 1.98. The highest BCUT2D eigenvalue weighted by Crippen LogP contribution is 2.21. The van der Waals surface area contributed by atoms with Gasteiger partial charge in [-0.25, -0.2) is 4.98 Å². The molecule has 6 heteroatoms. The highest BCUT2D eigenvalue weighted by Gasteiger charge is 2.26. The highest BCUT2D eigenvalue weighted by atomic mass is 35.5. The Morgan fingerprint density at radius 1 is 1.44 bits per heavy atom. The van der Waals surface area contributed by atoms with Crippen molar-refractivity contribution in [3.8, 4) is 0 Å². The summed E-state index contributed by atoms with van der Waals surface area (Å²) < 4.78 is 0. The van der Waals surface area contributed by atoms with Crippen molar-refractivity contribution in [1.82, 2.24) is 14.8 Å². The summed E-state index contributed by atoms with van der Waals surface area (Å²) in [5.41, 5.74) is 0.424. The summed E-state index contributed by atoms with van der Waals surface area (Å²) in [7, 11) is 2.06. The Hall–Kier alpha value is -0.840. The topological polar surface area (TPSA) is 36.4 Å². The molecule has 4 nitrogen and oxygen atoms in total. The summed E-state index contributed by atoms with van der Waals surface area (Å²) >= 11 is 11.8. The first-order chi connectivity index (χ1) is 8.49. The molecule has 0 radical (unpaired) electrons. The van der Waals surface area contributed by atoms with Gasteiger partial charge in [-0.2, -0.15) is 0 Å². The Labute approximate surface area is 116 Å². The fraction of sp³-hybridized carbons (Fsp3) is 0.500. The van der Waals surface area contributed by atoms with Gasteiger partial charge in [-0.3, -0.25) is 4.79 Å². The van der Waals surface area contributed by atoms with Crippen LogP contribution in [0.1, 0.15) is 17.3 Å². The first-order valence-electron chi connectivity index (χ1n) is 5.79. The van der Waals surface area contributed by atoms with Crippen LogP contribution in [0.4, 0.5) is 0 Å². The molecular formula is C12H15Cl2N3O. The minimum Gasteiger partial charge on any atom is -0.336 e. The molecule has 1 aromatic heterocycles. The number of hydrogen-bond acceptors (Lipinski definition) is 3. The molecule has 98 valence electrons. The van der Waals surface area contributed by atoms with Crippen LogP contribution in [-0.4, -0.2) is 53.4 Å². The van der Waals surface area contributed by atoms with Crippen molar-refractivity contribution in [2.75, 3.05) is 26.7 Å². The normalized spacial score (nSPS) is 21.1. The van der Waals surface area contributed by atoms with Gasteiger partial charge in [0.05, 0.1) is 10.6 Å².